The van der Waals surface area contributed by atoms with Crippen molar-refractivity contribution in [2.75, 3.05) is 6.54 Å². The summed E-state index contributed by atoms with van der Waals surface area (Å²) in [6, 6.07) is 5.99. The Morgan fingerprint density at radius 1 is 1.22 bits per heavy atom. The highest BCUT2D eigenvalue weighted by atomic mass is 19.4. The zero-order chi connectivity index (χ0) is 23.3. The Balaban J connectivity index is 0.000000360. The Labute approximate surface area is 181 Å². The van der Waals surface area contributed by atoms with E-state index in [9.17, 15) is 13.2 Å². The largest absolute Gasteiger partial charge is 0.490 e. The van der Waals surface area contributed by atoms with E-state index in [0.717, 1.165) is 47.8 Å². The summed E-state index contributed by atoms with van der Waals surface area (Å²) in [6.45, 7) is 6.08. The number of carboxylic acid groups (broad SMARTS) is 1. The van der Waals surface area contributed by atoms with E-state index in [1.807, 2.05) is 38.2 Å². The van der Waals surface area contributed by atoms with Crippen LogP contribution in [0.4, 0.5) is 13.2 Å². The first kappa shape index (κ1) is 23.2. The van der Waals surface area contributed by atoms with Crippen LogP contribution in [0.5, 0.6) is 5.88 Å². The molecule has 0 aliphatic carbocycles. The minimum Gasteiger partial charge on any atom is -0.475 e. The second-order valence-corrected chi connectivity index (χ2v) is 7.06. The molecule has 170 valence electrons. The SMILES string of the molecule is Cc1ccc(-c2noc(C)c2COc2cc3c(cn2)CNCC3)cn1.O=C(O)C(F)(F)F. The normalized spacial score (nSPS) is 13.0. The molecule has 0 atom stereocenters. The lowest BCUT2D eigenvalue weighted by molar-refractivity contribution is -0.192. The number of fused-ring (bicyclic) bond motifs is 1. The van der Waals surface area contributed by atoms with Crippen LogP contribution in [0.1, 0.15) is 28.1 Å². The number of halogens is 3. The Morgan fingerprint density at radius 3 is 2.62 bits per heavy atom. The predicted molar refractivity (Wildman–Crippen MR) is 107 cm³/mol. The molecule has 4 rings (SSSR count). The third-order valence-corrected chi connectivity index (χ3v) is 4.72. The van der Waals surface area contributed by atoms with Gasteiger partial charge in [0, 0.05) is 36.3 Å². The van der Waals surface area contributed by atoms with Crippen LogP contribution in [-0.4, -0.2) is 38.9 Å². The van der Waals surface area contributed by atoms with Gasteiger partial charge in [-0.15, -0.1) is 0 Å². The van der Waals surface area contributed by atoms with E-state index in [2.05, 4.69) is 20.4 Å². The fraction of sp³-hybridized carbons (Fsp3) is 0.333. The summed E-state index contributed by atoms with van der Waals surface area (Å²) in [6.07, 6.45) is -0.386. The molecule has 4 heterocycles. The molecule has 2 N–H and O–H groups in total. The molecule has 3 aromatic heterocycles. The first-order valence-corrected chi connectivity index (χ1v) is 9.64. The molecule has 0 saturated heterocycles. The molecule has 1 aliphatic heterocycles. The molecule has 0 unspecified atom stereocenters. The molecule has 0 radical (unpaired) electrons. The van der Waals surface area contributed by atoms with Crippen molar-refractivity contribution in [2.45, 2.75) is 39.6 Å². The van der Waals surface area contributed by atoms with Crippen molar-refractivity contribution in [1.29, 1.82) is 0 Å². The minimum absolute atomic E-state index is 0.364. The van der Waals surface area contributed by atoms with Crippen LogP contribution in [0.2, 0.25) is 0 Å². The van der Waals surface area contributed by atoms with Gasteiger partial charge in [0.15, 0.2) is 0 Å². The fourth-order valence-electron chi connectivity index (χ4n) is 2.96. The van der Waals surface area contributed by atoms with E-state index in [-0.39, 0.29) is 0 Å². The monoisotopic (exact) mass is 450 g/mol. The molecule has 0 fully saturated rings. The number of carboxylic acids is 1. The Bertz CT molecular complexity index is 1080. The topological polar surface area (TPSA) is 110 Å². The summed E-state index contributed by atoms with van der Waals surface area (Å²) in [7, 11) is 0. The number of rotatable bonds is 4. The van der Waals surface area contributed by atoms with Crippen LogP contribution in [0.15, 0.2) is 35.1 Å². The standard InChI is InChI=1S/C19H20N4O2.C2HF3O2/c1-12-3-4-15(9-21-12)19-17(13(2)25-23-19)11-24-18-7-14-5-6-20-8-16(14)10-22-18;3-2(4,5)1(6)7/h3-4,7,9-10,20H,5-6,8,11H2,1-2H3;(H,6,7). The average molecular weight is 450 g/mol. The summed E-state index contributed by atoms with van der Waals surface area (Å²) in [5.74, 6) is -1.38. The van der Waals surface area contributed by atoms with Gasteiger partial charge in [-0.05, 0) is 50.1 Å². The first-order chi connectivity index (χ1) is 15.1. The quantitative estimate of drug-likeness (QED) is 0.620. The molecule has 0 amide bonds. The molecule has 0 bridgehead atoms. The number of hydrogen-bond acceptors (Lipinski definition) is 7. The van der Waals surface area contributed by atoms with Crippen molar-refractivity contribution in [2.24, 2.45) is 0 Å². The number of nitrogens with zero attached hydrogens (tertiary/aromatic N) is 3. The smallest absolute Gasteiger partial charge is 0.475 e. The number of hydrogen-bond donors (Lipinski definition) is 2. The maximum atomic E-state index is 10.6. The molecule has 1 aliphatic rings. The second-order valence-electron chi connectivity index (χ2n) is 7.06. The summed E-state index contributed by atoms with van der Waals surface area (Å²) < 4.78 is 43.0. The van der Waals surface area contributed by atoms with E-state index in [1.54, 1.807) is 6.20 Å². The van der Waals surface area contributed by atoms with Gasteiger partial charge < -0.3 is 19.7 Å². The van der Waals surface area contributed by atoms with Crippen LogP contribution in [0, 0.1) is 13.8 Å². The van der Waals surface area contributed by atoms with Gasteiger partial charge in [-0.3, -0.25) is 4.98 Å². The number of aryl methyl sites for hydroxylation is 2. The Hall–Kier alpha value is -3.47. The van der Waals surface area contributed by atoms with Gasteiger partial charge in [0.1, 0.15) is 18.1 Å². The highest BCUT2D eigenvalue weighted by Gasteiger charge is 2.38. The second kappa shape index (κ2) is 9.77. The summed E-state index contributed by atoms with van der Waals surface area (Å²) in [5, 5.41) is 14.6. The Morgan fingerprint density at radius 2 is 1.97 bits per heavy atom. The van der Waals surface area contributed by atoms with Gasteiger partial charge in [-0.2, -0.15) is 13.2 Å². The molecule has 3 aromatic rings. The number of aliphatic carboxylic acids is 1. The van der Waals surface area contributed by atoms with E-state index in [0.29, 0.717) is 12.5 Å². The van der Waals surface area contributed by atoms with E-state index < -0.39 is 12.1 Å². The molecule has 0 saturated carbocycles. The number of alkyl halides is 3. The van der Waals surface area contributed by atoms with Crippen molar-refractivity contribution in [3.8, 4) is 17.1 Å². The molecular formula is C21H21F3N4O4. The van der Waals surface area contributed by atoms with Gasteiger partial charge in [-0.1, -0.05) is 5.16 Å². The van der Waals surface area contributed by atoms with Gasteiger partial charge in [0.05, 0.1) is 5.56 Å². The summed E-state index contributed by atoms with van der Waals surface area (Å²) >= 11 is 0. The Kier molecular flexibility index (Phi) is 7.08. The minimum atomic E-state index is -5.08. The maximum Gasteiger partial charge on any atom is 0.490 e. The number of nitrogens with one attached hydrogen (secondary N) is 1. The van der Waals surface area contributed by atoms with Crippen molar-refractivity contribution >= 4 is 5.97 Å². The molecular weight excluding hydrogens is 429 g/mol. The number of pyridine rings is 2. The number of carbonyl (C=O) groups is 1. The van der Waals surface area contributed by atoms with E-state index >= 15 is 0 Å². The van der Waals surface area contributed by atoms with Gasteiger partial charge in [-0.25, -0.2) is 9.78 Å². The number of aromatic nitrogens is 3. The van der Waals surface area contributed by atoms with Crippen molar-refractivity contribution in [1.82, 2.24) is 20.4 Å². The molecule has 0 spiro atoms. The lowest BCUT2D eigenvalue weighted by atomic mass is 10.0. The molecule has 0 aromatic carbocycles. The highest BCUT2D eigenvalue weighted by Crippen LogP contribution is 2.26. The summed E-state index contributed by atoms with van der Waals surface area (Å²) in [5.41, 5.74) is 6.12. The lowest BCUT2D eigenvalue weighted by Crippen LogP contribution is -2.23. The predicted octanol–water partition coefficient (Wildman–Crippen LogP) is 3.61. The van der Waals surface area contributed by atoms with E-state index in [1.165, 1.54) is 11.1 Å². The average Bonchev–Trinajstić information content (AvgIpc) is 3.12. The van der Waals surface area contributed by atoms with Gasteiger partial charge >= 0.3 is 12.1 Å². The van der Waals surface area contributed by atoms with Crippen LogP contribution in [0.3, 0.4) is 0 Å². The van der Waals surface area contributed by atoms with Crippen LogP contribution in [-0.2, 0) is 24.4 Å². The molecule has 32 heavy (non-hydrogen) atoms. The lowest BCUT2D eigenvalue weighted by Gasteiger charge is -2.17. The molecule has 8 nitrogen and oxygen atoms in total. The van der Waals surface area contributed by atoms with Crippen LogP contribution in [0.25, 0.3) is 11.3 Å². The highest BCUT2D eigenvalue weighted by molar-refractivity contribution is 5.73. The maximum absolute atomic E-state index is 10.6. The first-order valence-electron chi connectivity index (χ1n) is 9.64. The number of ether oxygens (including phenoxy) is 1. The third-order valence-electron chi connectivity index (χ3n) is 4.72. The summed E-state index contributed by atoms with van der Waals surface area (Å²) in [4.78, 5) is 17.6. The zero-order valence-electron chi connectivity index (χ0n) is 17.4. The van der Waals surface area contributed by atoms with Gasteiger partial charge in [0.2, 0.25) is 5.88 Å². The van der Waals surface area contributed by atoms with Crippen molar-refractivity contribution < 1.29 is 32.3 Å². The van der Waals surface area contributed by atoms with Crippen LogP contribution >= 0.6 is 0 Å². The van der Waals surface area contributed by atoms with Crippen LogP contribution < -0.4 is 10.1 Å². The van der Waals surface area contributed by atoms with E-state index in [4.69, 9.17) is 19.2 Å². The molecule has 11 heteroatoms. The van der Waals surface area contributed by atoms with Gasteiger partial charge in [0.25, 0.3) is 0 Å². The third kappa shape index (κ3) is 5.82. The zero-order valence-corrected chi connectivity index (χ0v) is 17.4. The van der Waals surface area contributed by atoms with Crippen molar-refractivity contribution in [3.05, 3.63) is 58.7 Å². The fourth-order valence-corrected chi connectivity index (χ4v) is 2.96. The van der Waals surface area contributed by atoms with Crippen molar-refractivity contribution in [3.63, 3.8) is 0 Å².